The van der Waals surface area contributed by atoms with Crippen molar-refractivity contribution in [3.05, 3.63) is 17.5 Å². The van der Waals surface area contributed by atoms with Gasteiger partial charge in [0, 0.05) is 11.7 Å². The van der Waals surface area contributed by atoms with Gasteiger partial charge in [0.1, 0.15) is 5.69 Å². The van der Waals surface area contributed by atoms with E-state index in [-0.39, 0.29) is 11.8 Å². The molecule has 110 valence electrons. The van der Waals surface area contributed by atoms with Crippen LogP contribution in [0.15, 0.2) is 11.2 Å². The molecule has 1 aromatic heterocycles. The second kappa shape index (κ2) is 6.51. The van der Waals surface area contributed by atoms with E-state index in [9.17, 15) is 0 Å². The first-order valence-electron chi connectivity index (χ1n) is 6.76. The van der Waals surface area contributed by atoms with Crippen molar-refractivity contribution in [3.63, 3.8) is 0 Å². The summed E-state index contributed by atoms with van der Waals surface area (Å²) >= 11 is 0. The number of oxime groups is 1. The fourth-order valence-corrected chi connectivity index (χ4v) is 2.42. The van der Waals surface area contributed by atoms with Gasteiger partial charge < -0.3 is 20.6 Å². The van der Waals surface area contributed by atoms with Gasteiger partial charge in [0.05, 0.1) is 6.61 Å². The largest absolute Gasteiger partial charge is 0.463 e. The first kappa shape index (κ1) is 14.5. The Kier molecular flexibility index (Phi) is 4.73. The Morgan fingerprint density at radius 2 is 2.40 bits per heavy atom. The van der Waals surface area contributed by atoms with Crippen molar-refractivity contribution < 1.29 is 9.94 Å². The molecule has 1 saturated heterocycles. The summed E-state index contributed by atoms with van der Waals surface area (Å²) in [6.45, 7) is 3.53. The Hall–Kier alpha value is -1.89. The molecule has 2 rings (SSSR count). The standard InChI is InChI=1S/C13H21N5O2/c1-9-8-11(12(14)17-19)16-13(15-9)20-7-5-10-4-3-6-18(10)2/h8,10,19H,3-7H2,1-2H3,(H2,14,17). The number of amidine groups is 1. The molecule has 0 spiro atoms. The van der Waals surface area contributed by atoms with Gasteiger partial charge in [-0.25, -0.2) is 4.98 Å². The highest BCUT2D eigenvalue weighted by atomic mass is 16.5. The van der Waals surface area contributed by atoms with Gasteiger partial charge in [-0.05, 0) is 45.8 Å². The molecule has 20 heavy (non-hydrogen) atoms. The van der Waals surface area contributed by atoms with E-state index in [2.05, 4.69) is 27.1 Å². The summed E-state index contributed by atoms with van der Waals surface area (Å²) < 4.78 is 5.59. The molecule has 7 heteroatoms. The van der Waals surface area contributed by atoms with Gasteiger partial charge in [-0.3, -0.25) is 0 Å². The predicted octanol–water partition coefficient (Wildman–Crippen LogP) is 0.743. The normalized spacial score (nSPS) is 20.3. The summed E-state index contributed by atoms with van der Waals surface area (Å²) in [5, 5.41) is 11.6. The third kappa shape index (κ3) is 3.57. The van der Waals surface area contributed by atoms with Crippen LogP contribution in [0.1, 0.15) is 30.7 Å². The van der Waals surface area contributed by atoms with Gasteiger partial charge >= 0.3 is 6.01 Å². The quantitative estimate of drug-likeness (QED) is 0.357. The van der Waals surface area contributed by atoms with Crippen molar-refractivity contribution in [2.45, 2.75) is 32.2 Å². The number of nitrogens with zero attached hydrogens (tertiary/aromatic N) is 4. The van der Waals surface area contributed by atoms with Crippen LogP contribution < -0.4 is 10.5 Å². The van der Waals surface area contributed by atoms with E-state index in [1.165, 1.54) is 12.8 Å². The van der Waals surface area contributed by atoms with Crippen molar-refractivity contribution in [2.24, 2.45) is 10.9 Å². The molecule has 1 atom stereocenters. The summed E-state index contributed by atoms with van der Waals surface area (Å²) in [7, 11) is 2.14. The lowest BCUT2D eigenvalue weighted by Crippen LogP contribution is -2.26. The molecule has 1 fully saturated rings. The van der Waals surface area contributed by atoms with E-state index in [1.807, 2.05) is 6.92 Å². The topological polar surface area (TPSA) is 96.9 Å². The minimum Gasteiger partial charge on any atom is -0.463 e. The number of likely N-dealkylation sites (tertiary alicyclic amines) is 1. The Labute approximate surface area is 118 Å². The fourth-order valence-electron chi connectivity index (χ4n) is 2.42. The molecule has 1 aromatic rings. The molecule has 0 bridgehead atoms. The molecule has 1 aliphatic rings. The monoisotopic (exact) mass is 279 g/mol. The molecule has 0 amide bonds. The average molecular weight is 279 g/mol. The predicted molar refractivity (Wildman–Crippen MR) is 75.0 cm³/mol. The van der Waals surface area contributed by atoms with Crippen LogP contribution in [0.3, 0.4) is 0 Å². The van der Waals surface area contributed by atoms with E-state index in [1.54, 1.807) is 6.07 Å². The highest BCUT2D eigenvalue weighted by Gasteiger charge is 2.20. The molecule has 3 N–H and O–H groups in total. The van der Waals surface area contributed by atoms with E-state index in [0.717, 1.165) is 18.7 Å². The molecule has 0 radical (unpaired) electrons. The van der Waals surface area contributed by atoms with Crippen LogP contribution in [0.2, 0.25) is 0 Å². The molecule has 1 unspecified atom stereocenters. The summed E-state index contributed by atoms with van der Waals surface area (Å²) in [4.78, 5) is 10.7. The zero-order chi connectivity index (χ0) is 14.5. The molecule has 0 aliphatic carbocycles. The Morgan fingerprint density at radius 3 is 3.05 bits per heavy atom. The van der Waals surface area contributed by atoms with Gasteiger partial charge in [0.2, 0.25) is 0 Å². The van der Waals surface area contributed by atoms with Crippen LogP contribution >= 0.6 is 0 Å². The number of hydrogen-bond acceptors (Lipinski definition) is 6. The van der Waals surface area contributed by atoms with E-state index in [4.69, 9.17) is 15.7 Å². The second-order valence-corrected chi connectivity index (χ2v) is 5.08. The molecule has 7 nitrogen and oxygen atoms in total. The van der Waals surface area contributed by atoms with Crippen LogP contribution in [-0.2, 0) is 0 Å². The highest BCUT2D eigenvalue weighted by molar-refractivity contribution is 5.95. The van der Waals surface area contributed by atoms with Crippen molar-refractivity contribution >= 4 is 5.84 Å². The van der Waals surface area contributed by atoms with Crippen molar-refractivity contribution in [1.82, 2.24) is 14.9 Å². The van der Waals surface area contributed by atoms with E-state index < -0.39 is 0 Å². The lowest BCUT2D eigenvalue weighted by molar-refractivity contribution is 0.222. The summed E-state index contributed by atoms with van der Waals surface area (Å²) in [5.41, 5.74) is 6.61. The molecule has 0 saturated carbocycles. The highest BCUT2D eigenvalue weighted by Crippen LogP contribution is 2.18. The maximum Gasteiger partial charge on any atom is 0.317 e. The summed E-state index contributed by atoms with van der Waals surface area (Å²) in [6, 6.07) is 2.49. The van der Waals surface area contributed by atoms with Crippen LogP contribution in [0.4, 0.5) is 0 Å². The first-order chi connectivity index (χ1) is 9.60. The SMILES string of the molecule is Cc1cc(/C(N)=N/O)nc(OCCC2CCCN2C)n1. The maximum absolute atomic E-state index is 8.67. The number of aryl methyl sites for hydroxylation is 1. The molecular formula is C13H21N5O2. The lowest BCUT2D eigenvalue weighted by Gasteiger charge is -2.18. The van der Waals surface area contributed by atoms with Crippen LogP contribution in [0, 0.1) is 6.92 Å². The third-order valence-electron chi connectivity index (χ3n) is 3.56. The molecule has 0 aromatic carbocycles. The summed E-state index contributed by atoms with van der Waals surface area (Å²) in [5.74, 6) is -0.0455. The Morgan fingerprint density at radius 1 is 1.60 bits per heavy atom. The molecule has 2 heterocycles. The number of aromatic nitrogens is 2. The number of rotatable bonds is 5. The smallest absolute Gasteiger partial charge is 0.317 e. The van der Waals surface area contributed by atoms with Gasteiger partial charge in [-0.1, -0.05) is 5.16 Å². The van der Waals surface area contributed by atoms with E-state index >= 15 is 0 Å². The number of hydrogen-bond donors (Lipinski definition) is 2. The molecule has 1 aliphatic heterocycles. The van der Waals surface area contributed by atoms with Crippen molar-refractivity contribution in [3.8, 4) is 6.01 Å². The van der Waals surface area contributed by atoms with Crippen LogP contribution in [-0.4, -0.2) is 52.2 Å². The maximum atomic E-state index is 8.67. The zero-order valence-electron chi connectivity index (χ0n) is 11.9. The number of ether oxygens (including phenoxy) is 1. The Balaban J connectivity index is 1.94. The summed E-state index contributed by atoms with van der Waals surface area (Å²) in [6.07, 6.45) is 3.41. The zero-order valence-corrected chi connectivity index (χ0v) is 11.9. The average Bonchev–Trinajstić information content (AvgIpc) is 2.83. The van der Waals surface area contributed by atoms with Gasteiger partial charge in [-0.15, -0.1) is 0 Å². The lowest BCUT2D eigenvalue weighted by atomic mass is 10.1. The van der Waals surface area contributed by atoms with Gasteiger partial charge in [0.25, 0.3) is 0 Å². The van der Waals surface area contributed by atoms with E-state index in [0.29, 0.717) is 18.3 Å². The number of nitrogens with two attached hydrogens (primary N) is 1. The fraction of sp³-hybridized carbons (Fsp3) is 0.615. The van der Waals surface area contributed by atoms with Crippen molar-refractivity contribution in [2.75, 3.05) is 20.2 Å². The minimum atomic E-state index is -0.0455. The second-order valence-electron chi connectivity index (χ2n) is 5.08. The van der Waals surface area contributed by atoms with Crippen LogP contribution in [0.5, 0.6) is 6.01 Å². The van der Waals surface area contributed by atoms with Crippen molar-refractivity contribution in [1.29, 1.82) is 0 Å². The minimum absolute atomic E-state index is 0.0455. The van der Waals surface area contributed by atoms with Crippen LogP contribution in [0.25, 0.3) is 0 Å². The van der Waals surface area contributed by atoms with Gasteiger partial charge in [0.15, 0.2) is 5.84 Å². The third-order valence-corrected chi connectivity index (χ3v) is 3.56. The Bertz CT molecular complexity index is 492. The molecular weight excluding hydrogens is 258 g/mol. The van der Waals surface area contributed by atoms with Gasteiger partial charge in [-0.2, -0.15) is 4.98 Å². The first-order valence-corrected chi connectivity index (χ1v) is 6.76.